The number of amides is 1. The van der Waals surface area contributed by atoms with Gasteiger partial charge in [0.15, 0.2) is 9.84 Å². The Morgan fingerprint density at radius 1 is 1.29 bits per heavy atom. The van der Waals surface area contributed by atoms with E-state index >= 15 is 0 Å². The fourth-order valence-electron chi connectivity index (χ4n) is 2.70. The Hall–Kier alpha value is -0.620. The summed E-state index contributed by atoms with van der Waals surface area (Å²) in [5, 5.41) is 9.24. The van der Waals surface area contributed by atoms with Crippen LogP contribution in [0.4, 0.5) is 0 Å². The number of rotatable bonds is 2. The molecule has 2 atom stereocenters. The summed E-state index contributed by atoms with van der Waals surface area (Å²) >= 11 is 0. The first-order valence-electron chi connectivity index (χ1n) is 6.15. The van der Waals surface area contributed by atoms with Gasteiger partial charge in [-0.15, -0.1) is 0 Å². The summed E-state index contributed by atoms with van der Waals surface area (Å²) in [4.78, 5) is 13.9. The number of carbonyl (C=O) groups is 1. The Kier molecular flexibility index (Phi) is 3.73. The van der Waals surface area contributed by atoms with E-state index in [9.17, 15) is 18.3 Å². The monoisotopic (exact) mass is 261 g/mol. The minimum Gasteiger partial charge on any atom is -0.394 e. The van der Waals surface area contributed by atoms with Crippen LogP contribution >= 0.6 is 0 Å². The van der Waals surface area contributed by atoms with E-state index in [0.717, 1.165) is 19.3 Å². The van der Waals surface area contributed by atoms with Crippen molar-refractivity contribution in [3.05, 3.63) is 0 Å². The number of aliphatic hydroxyl groups excluding tert-OH is 1. The van der Waals surface area contributed by atoms with Crippen molar-refractivity contribution in [2.45, 2.75) is 31.7 Å². The zero-order chi connectivity index (χ0) is 12.5. The lowest BCUT2D eigenvalue weighted by Crippen LogP contribution is -2.48. The van der Waals surface area contributed by atoms with Gasteiger partial charge in [0.25, 0.3) is 0 Å². The van der Waals surface area contributed by atoms with Crippen molar-refractivity contribution < 1.29 is 18.3 Å². The molecule has 0 bridgehead atoms. The van der Waals surface area contributed by atoms with E-state index in [1.807, 2.05) is 0 Å². The molecule has 2 unspecified atom stereocenters. The Morgan fingerprint density at radius 2 is 2.06 bits per heavy atom. The number of sulfone groups is 1. The normalized spacial score (nSPS) is 32.6. The van der Waals surface area contributed by atoms with Gasteiger partial charge in [0.2, 0.25) is 5.91 Å². The van der Waals surface area contributed by atoms with Crippen LogP contribution in [-0.4, -0.2) is 55.0 Å². The van der Waals surface area contributed by atoms with Crippen LogP contribution in [0.3, 0.4) is 0 Å². The molecule has 2 fully saturated rings. The number of likely N-dealkylation sites (tertiary alicyclic amines) is 1. The zero-order valence-electron chi connectivity index (χ0n) is 9.84. The van der Waals surface area contributed by atoms with Gasteiger partial charge in [-0.25, -0.2) is 8.42 Å². The second kappa shape index (κ2) is 4.94. The molecule has 98 valence electrons. The van der Waals surface area contributed by atoms with Gasteiger partial charge < -0.3 is 10.0 Å². The van der Waals surface area contributed by atoms with Crippen LogP contribution in [0.25, 0.3) is 0 Å². The molecule has 0 aromatic heterocycles. The van der Waals surface area contributed by atoms with Gasteiger partial charge >= 0.3 is 0 Å². The number of piperidine rings is 1. The van der Waals surface area contributed by atoms with Gasteiger partial charge in [0, 0.05) is 6.54 Å². The van der Waals surface area contributed by atoms with Crippen LogP contribution in [0, 0.1) is 5.92 Å². The molecule has 1 amide bonds. The van der Waals surface area contributed by atoms with E-state index in [-0.39, 0.29) is 36.0 Å². The largest absolute Gasteiger partial charge is 0.394 e. The predicted molar refractivity (Wildman–Crippen MR) is 63.2 cm³/mol. The summed E-state index contributed by atoms with van der Waals surface area (Å²) in [7, 11) is -3.01. The average molecular weight is 261 g/mol. The molecule has 1 N–H and O–H groups in total. The predicted octanol–water partition coefficient (Wildman–Crippen LogP) is -0.206. The molecular weight excluding hydrogens is 242 g/mol. The fraction of sp³-hybridized carbons (Fsp3) is 0.909. The third-order valence-electron chi connectivity index (χ3n) is 3.70. The average Bonchev–Trinajstić information content (AvgIpc) is 2.68. The SMILES string of the molecule is O=C(C1CCS(=O)(=O)C1)N1CCCCC1CO. The summed E-state index contributed by atoms with van der Waals surface area (Å²) < 4.78 is 22.7. The third-order valence-corrected chi connectivity index (χ3v) is 5.47. The molecule has 0 saturated carbocycles. The van der Waals surface area contributed by atoms with Gasteiger partial charge in [-0.3, -0.25) is 4.79 Å². The highest BCUT2D eigenvalue weighted by Crippen LogP contribution is 2.25. The van der Waals surface area contributed by atoms with Crippen molar-refractivity contribution in [1.82, 2.24) is 4.90 Å². The van der Waals surface area contributed by atoms with Crippen molar-refractivity contribution in [2.75, 3.05) is 24.7 Å². The molecule has 2 saturated heterocycles. The topological polar surface area (TPSA) is 74.7 Å². The summed E-state index contributed by atoms with van der Waals surface area (Å²) in [6.07, 6.45) is 3.23. The molecule has 0 aromatic carbocycles. The maximum Gasteiger partial charge on any atom is 0.227 e. The lowest BCUT2D eigenvalue weighted by atomic mass is 9.99. The van der Waals surface area contributed by atoms with Crippen LogP contribution in [-0.2, 0) is 14.6 Å². The second-order valence-electron chi connectivity index (χ2n) is 4.96. The van der Waals surface area contributed by atoms with E-state index in [1.54, 1.807) is 4.90 Å². The van der Waals surface area contributed by atoms with Crippen molar-refractivity contribution in [1.29, 1.82) is 0 Å². The standard InChI is InChI=1S/C11H19NO4S/c13-7-10-3-1-2-5-12(10)11(14)9-4-6-17(15,16)8-9/h9-10,13H,1-8H2. The Labute approximate surface area is 102 Å². The quantitative estimate of drug-likeness (QED) is 0.746. The third kappa shape index (κ3) is 2.80. The lowest BCUT2D eigenvalue weighted by molar-refractivity contribution is -0.139. The zero-order valence-corrected chi connectivity index (χ0v) is 10.7. The molecule has 2 heterocycles. The van der Waals surface area contributed by atoms with Crippen molar-refractivity contribution in [3.63, 3.8) is 0 Å². The highest BCUT2D eigenvalue weighted by Gasteiger charge is 2.37. The number of carbonyl (C=O) groups excluding carboxylic acids is 1. The molecule has 0 spiro atoms. The molecule has 0 aromatic rings. The molecule has 17 heavy (non-hydrogen) atoms. The Bertz CT molecular complexity index is 392. The molecular formula is C11H19NO4S. The maximum absolute atomic E-state index is 12.2. The molecule has 0 radical (unpaired) electrons. The fourth-order valence-corrected chi connectivity index (χ4v) is 4.44. The highest BCUT2D eigenvalue weighted by atomic mass is 32.2. The molecule has 0 aliphatic carbocycles. The minimum absolute atomic E-state index is 0.0134. The molecule has 2 aliphatic rings. The van der Waals surface area contributed by atoms with Crippen molar-refractivity contribution in [3.8, 4) is 0 Å². The first kappa shape index (κ1) is 12.8. The van der Waals surface area contributed by atoms with Gasteiger partial charge in [0.05, 0.1) is 30.1 Å². The number of hydrogen-bond donors (Lipinski definition) is 1. The van der Waals surface area contributed by atoms with Gasteiger partial charge in [-0.2, -0.15) is 0 Å². The van der Waals surface area contributed by atoms with Crippen LogP contribution in [0.5, 0.6) is 0 Å². The van der Waals surface area contributed by atoms with Crippen LogP contribution in [0.15, 0.2) is 0 Å². The number of hydrogen-bond acceptors (Lipinski definition) is 4. The first-order chi connectivity index (χ1) is 8.03. The molecule has 5 nitrogen and oxygen atoms in total. The highest BCUT2D eigenvalue weighted by molar-refractivity contribution is 7.91. The maximum atomic E-state index is 12.2. The molecule has 2 aliphatic heterocycles. The van der Waals surface area contributed by atoms with Crippen LogP contribution in [0.1, 0.15) is 25.7 Å². The molecule has 6 heteroatoms. The number of nitrogens with zero attached hydrogens (tertiary/aromatic N) is 1. The number of aliphatic hydroxyl groups is 1. The summed E-state index contributed by atoms with van der Waals surface area (Å²) in [5.74, 6) is -0.349. The van der Waals surface area contributed by atoms with E-state index in [1.165, 1.54) is 0 Å². The van der Waals surface area contributed by atoms with Gasteiger partial charge in [-0.05, 0) is 25.7 Å². The smallest absolute Gasteiger partial charge is 0.227 e. The van der Waals surface area contributed by atoms with E-state index in [0.29, 0.717) is 13.0 Å². The van der Waals surface area contributed by atoms with E-state index < -0.39 is 9.84 Å². The minimum atomic E-state index is -3.01. The van der Waals surface area contributed by atoms with Gasteiger partial charge in [-0.1, -0.05) is 0 Å². The summed E-state index contributed by atoms with van der Waals surface area (Å²) in [6.45, 7) is 0.631. The lowest BCUT2D eigenvalue weighted by Gasteiger charge is -2.36. The Balaban J connectivity index is 2.04. The van der Waals surface area contributed by atoms with Crippen molar-refractivity contribution >= 4 is 15.7 Å². The summed E-state index contributed by atoms with van der Waals surface area (Å²) in [6, 6.07) is -0.112. The molecule has 2 rings (SSSR count). The van der Waals surface area contributed by atoms with E-state index in [2.05, 4.69) is 0 Å². The van der Waals surface area contributed by atoms with Crippen LogP contribution in [0.2, 0.25) is 0 Å². The van der Waals surface area contributed by atoms with Gasteiger partial charge in [0.1, 0.15) is 0 Å². The van der Waals surface area contributed by atoms with E-state index in [4.69, 9.17) is 0 Å². The summed E-state index contributed by atoms with van der Waals surface area (Å²) in [5.41, 5.74) is 0. The second-order valence-corrected chi connectivity index (χ2v) is 7.19. The Morgan fingerprint density at radius 3 is 2.65 bits per heavy atom. The first-order valence-corrected chi connectivity index (χ1v) is 7.97. The van der Waals surface area contributed by atoms with Crippen LogP contribution < -0.4 is 0 Å². The van der Waals surface area contributed by atoms with Crippen molar-refractivity contribution in [2.24, 2.45) is 5.92 Å².